The zero-order chi connectivity index (χ0) is 18.8. The fourth-order valence-corrected chi connectivity index (χ4v) is 4.34. The van der Waals surface area contributed by atoms with E-state index in [1.54, 1.807) is 24.4 Å². The molecule has 27 heavy (non-hydrogen) atoms. The second-order valence-corrected chi connectivity index (χ2v) is 7.77. The van der Waals surface area contributed by atoms with E-state index in [-0.39, 0.29) is 30.3 Å². The molecule has 0 spiro atoms. The van der Waals surface area contributed by atoms with Gasteiger partial charge in [0.1, 0.15) is 5.82 Å². The summed E-state index contributed by atoms with van der Waals surface area (Å²) >= 11 is 0. The van der Waals surface area contributed by atoms with Gasteiger partial charge in [0, 0.05) is 36.5 Å². The fraction of sp³-hybridized carbons (Fsp3) is 0.524. The molecule has 0 bridgehead atoms. The fourth-order valence-electron chi connectivity index (χ4n) is 4.34. The molecule has 4 unspecified atom stereocenters. The van der Waals surface area contributed by atoms with Crippen LogP contribution in [0.2, 0.25) is 0 Å². The Morgan fingerprint density at radius 2 is 1.96 bits per heavy atom. The van der Waals surface area contributed by atoms with Crippen molar-refractivity contribution in [3.05, 3.63) is 48.0 Å². The Bertz CT molecular complexity index is 784. The van der Waals surface area contributed by atoms with Crippen molar-refractivity contribution in [2.24, 2.45) is 11.8 Å². The molecule has 3 N–H and O–H groups in total. The number of nitrogens with one attached hydrogen (secondary N) is 1. The summed E-state index contributed by atoms with van der Waals surface area (Å²) in [7, 11) is 0. The summed E-state index contributed by atoms with van der Waals surface area (Å²) in [5.74, 6) is -0.0553. The maximum Gasteiger partial charge on any atom is 0.162 e. The first-order chi connectivity index (χ1) is 13.2. The Balaban J connectivity index is 1.55. The van der Waals surface area contributed by atoms with Crippen molar-refractivity contribution < 1.29 is 14.6 Å². The molecule has 0 aliphatic heterocycles. The van der Waals surface area contributed by atoms with Crippen LogP contribution in [0.15, 0.2) is 36.5 Å². The third-order valence-corrected chi connectivity index (χ3v) is 6.10. The molecule has 4 rings (SSSR count). The first-order valence-electron chi connectivity index (χ1n) is 9.77. The van der Waals surface area contributed by atoms with E-state index in [2.05, 4.69) is 15.3 Å². The number of hydrogen-bond acceptors (Lipinski definition) is 5. The number of aliphatic hydroxyl groups is 2. The summed E-state index contributed by atoms with van der Waals surface area (Å²) in [4.78, 5) is 8.79. The number of rotatable bonds is 6. The molecule has 5 nitrogen and oxygen atoms in total. The zero-order valence-corrected chi connectivity index (χ0v) is 15.3. The van der Waals surface area contributed by atoms with Crippen molar-refractivity contribution in [2.75, 3.05) is 6.61 Å². The van der Waals surface area contributed by atoms with E-state index in [1.807, 2.05) is 6.07 Å². The van der Waals surface area contributed by atoms with Crippen LogP contribution >= 0.6 is 0 Å². The predicted octanol–water partition coefficient (Wildman–Crippen LogP) is 2.33. The van der Waals surface area contributed by atoms with E-state index in [4.69, 9.17) is 0 Å². The van der Waals surface area contributed by atoms with Crippen molar-refractivity contribution in [1.82, 2.24) is 15.3 Å². The van der Waals surface area contributed by atoms with Gasteiger partial charge in [-0.3, -0.25) is 0 Å². The highest BCUT2D eigenvalue weighted by Gasteiger charge is 2.43. The van der Waals surface area contributed by atoms with E-state index in [1.165, 1.54) is 25.3 Å². The number of aliphatic hydroxyl groups excluding tert-OH is 2. The second kappa shape index (κ2) is 8.00. The molecule has 2 aromatic rings. The number of aromatic nitrogens is 2. The Labute approximate surface area is 158 Å². The third-order valence-electron chi connectivity index (χ3n) is 6.10. The molecule has 0 radical (unpaired) electrons. The summed E-state index contributed by atoms with van der Waals surface area (Å²) in [6.07, 6.45) is 6.01. The highest BCUT2D eigenvalue weighted by Crippen LogP contribution is 2.36. The molecule has 2 aliphatic rings. The van der Waals surface area contributed by atoms with E-state index < -0.39 is 6.10 Å². The standard InChI is InChI=1S/C21H26FN3O2/c22-18-7-2-1-6-15(18)21-23-9-8-14(25-21)10-16-17(12-26)20(27)11-19(16)24-13-4-3-5-13/h1-2,6-9,13,16-17,19-20,24,26-27H,3-5,10-12H2. The molecule has 0 amide bonds. The Morgan fingerprint density at radius 1 is 1.15 bits per heavy atom. The highest BCUT2D eigenvalue weighted by atomic mass is 19.1. The molecular weight excluding hydrogens is 345 g/mol. The first-order valence-corrected chi connectivity index (χ1v) is 9.77. The Kier molecular flexibility index (Phi) is 5.48. The number of halogens is 1. The minimum absolute atomic E-state index is 0.0417. The molecule has 4 atom stereocenters. The van der Waals surface area contributed by atoms with Crippen LogP contribution in [0.1, 0.15) is 31.4 Å². The van der Waals surface area contributed by atoms with Crippen molar-refractivity contribution in [3.63, 3.8) is 0 Å². The van der Waals surface area contributed by atoms with Gasteiger partial charge in [0.05, 0.1) is 11.7 Å². The average Bonchev–Trinajstić information content (AvgIpc) is 2.93. The van der Waals surface area contributed by atoms with Crippen molar-refractivity contribution in [3.8, 4) is 11.4 Å². The maximum absolute atomic E-state index is 14.1. The van der Waals surface area contributed by atoms with Gasteiger partial charge in [0.2, 0.25) is 0 Å². The van der Waals surface area contributed by atoms with Crippen molar-refractivity contribution in [2.45, 2.75) is 50.3 Å². The van der Waals surface area contributed by atoms with Gasteiger partial charge in [-0.1, -0.05) is 18.6 Å². The molecule has 1 aromatic carbocycles. The maximum atomic E-state index is 14.1. The van der Waals surface area contributed by atoms with E-state index in [9.17, 15) is 14.6 Å². The molecule has 0 saturated heterocycles. The minimum Gasteiger partial charge on any atom is -0.396 e. The van der Waals surface area contributed by atoms with Gasteiger partial charge in [-0.2, -0.15) is 0 Å². The van der Waals surface area contributed by atoms with Crippen molar-refractivity contribution in [1.29, 1.82) is 0 Å². The van der Waals surface area contributed by atoms with Crippen LogP contribution in [0.5, 0.6) is 0 Å². The number of benzene rings is 1. The van der Waals surface area contributed by atoms with Crippen LogP contribution in [0, 0.1) is 17.7 Å². The zero-order valence-electron chi connectivity index (χ0n) is 15.3. The quantitative estimate of drug-likeness (QED) is 0.726. The summed E-state index contributed by atoms with van der Waals surface area (Å²) in [6.45, 7) is -0.0417. The third kappa shape index (κ3) is 3.88. The lowest BCUT2D eigenvalue weighted by Crippen LogP contribution is -2.45. The number of hydrogen-bond donors (Lipinski definition) is 3. The van der Waals surface area contributed by atoms with E-state index in [0.717, 1.165) is 5.69 Å². The van der Waals surface area contributed by atoms with Crippen LogP contribution in [0.4, 0.5) is 4.39 Å². The van der Waals surface area contributed by atoms with Gasteiger partial charge in [-0.05, 0) is 49.8 Å². The lowest BCUT2D eigenvalue weighted by atomic mass is 9.86. The molecule has 6 heteroatoms. The molecule has 144 valence electrons. The number of nitrogens with zero attached hydrogens (tertiary/aromatic N) is 2. The average molecular weight is 371 g/mol. The van der Waals surface area contributed by atoms with Gasteiger partial charge in [0.15, 0.2) is 5.82 Å². The van der Waals surface area contributed by atoms with Gasteiger partial charge in [-0.25, -0.2) is 14.4 Å². The Hall–Kier alpha value is -1.89. The molecule has 1 heterocycles. The molecular formula is C21H26FN3O2. The summed E-state index contributed by atoms with van der Waals surface area (Å²) in [6, 6.07) is 9.00. The topological polar surface area (TPSA) is 78.3 Å². The smallest absolute Gasteiger partial charge is 0.162 e. The first kappa shape index (κ1) is 18.5. The lowest BCUT2D eigenvalue weighted by Gasteiger charge is -2.33. The van der Waals surface area contributed by atoms with Crippen molar-refractivity contribution >= 4 is 0 Å². The van der Waals surface area contributed by atoms with Crippen LogP contribution in [0.3, 0.4) is 0 Å². The SMILES string of the molecule is OCC1C(O)CC(NC2CCC2)C1Cc1ccnc(-c2ccccc2F)n1. The Morgan fingerprint density at radius 3 is 2.67 bits per heavy atom. The molecule has 2 aliphatic carbocycles. The minimum atomic E-state index is -0.509. The van der Waals surface area contributed by atoms with Gasteiger partial charge < -0.3 is 15.5 Å². The highest BCUT2D eigenvalue weighted by molar-refractivity contribution is 5.55. The van der Waals surface area contributed by atoms with Crippen LogP contribution in [-0.2, 0) is 6.42 Å². The van der Waals surface area contributed by atoms with Crippen LogP contribution < -0.4 is 5.32 Å². The normalized spacial score (nSPS) is 28.3. The lowest BCUT2D eigenvalue weighted by molar-refractivity contribution is 0.0714. The van der Waals surface area contributed by atoms with Gasteiger partial charge in [0.25, 0.3) is 0 Å². The molecule has 2 saturated carbocycles. The largest absolute Gasteiger partial charge is 0.396 e. The monoisotopic (exact) mass is 371 g/mol. The van der Waals surface area contributed by atoms with E-state index >= 15 is 0 Å². The van der Waals surface area contributed by atoms with E-state index in [0.29, 0.717) is 30.3 Å². The molecule has 1 aromatic heterocycles. The second-order valence-electron chi connectivity index (χ2n) is 7.77. The van der Waals surface area contributed by atoms with Gasteiger partial charge in [-0.15, -0.1) is 0 Å². The van der Waals surface area contributed by atoms with Crippen LogP contribution in [0.25, 0.3) is 11.4 Å². The summed E-state index contributed by atoms with van der Waals surface area (Å²) in [5, 5.41) is 23.9. The summed E-state index contributed by atoms with van der Waals surface area (Å²) < 4.78 is 14.1. The van der Waals surface area contributed by atoms with Gasteiger partial charge >= 0.3 is 0 Å². The summed E-state index contributed by atoms with van der Waals surface area (Å²) in [5.41, 5.74) is 1.19. The van der Waals surface area contributed by atoms with Crippen LogP contribution in [-0.4, -0.2) is 45.0 Å². The molecule has 2 fully saturated rings. The predicted molar refractivity (Wildman–Crippen MR) is 100 cm³/mol.